The molecule has 24 heavy (non-hydrogen) atoms. The second-order valence-corrected chi connectivity index (χ2v) is 6.45. The quantitative estimate of drug-likeness (QED) is 0.706. The van der Waals surface area contributed by atoms with E-state index in [4.69, 9.17) is 23.2 Å². The summed E-state index contributed by atoms with van der Waals surface area (Å²) in [6.45, 7) is 1.87. The summed E-state index contributed by atoms with van der Waals surface area (Å²) in [5, 5.41) is 9.26. The molecule has 2 heterocycles. The number of rotatable bonds is 2. The van der Waals surface area contributed by atoms with Gasteiger partial charge in [-0.3, -0.25) is 0 Å². The fourth-order valence-corrected chi connectivity index (χ4v) is 3.21. The van der Waals surface area contributed by atoms with Gasteiger partial charge in [-0.15, -0.1) is 0 Å². The van der Waals surface area contributed by atoms with Crippen LogP contribution in [0.5, 0.6) is 0 Å². The van der Waals surface area contributed by atoms with Crippen molar-refractivity contribution in [2.45, 2.75) is 13.0 Å². The highest BCUT2D eigenvalue weighted by Crippen LogP contribution is 2.35. The average molecular weight is 357 g/mol. The van der Waals surface area contributed by atoms with E-state index in [0.29, 0.717) is 21.8 Å². The predicted octanol–water partition coefficient (Wildman–Crippen LogP) is 4.95. The summed E-state index contributed by atoms with van der Waals surface area (Å²) in [6.07, 6.45) is 2.10. The Morgan fingerprint density at radius 3 is 2.54 bits per heavy atom. The number of benzene rings is 2. The van der Waals surface area contributed by atoms with E-state index in [1.165, 1.54) is 0 Å². The third kappa shape index (κ3) is 2.68. The van der Waals surface area contributed by atoms with Crippen LogP contribution >= 0.6 is 23.2 Å². The molecule has 0 spiro atoms. The lowest BCUT2D eigenvalue weighted by atomic mass is 10.0. The van der Waals surface area contributed by atoms with Gasteiger partial charge in [-0.25, -0.2) is 4.68 Å². The summed E-state index contributed by atoms with van der Waals surface area (Å²) in [6, 6.07) is 15.4. The van der Waals surface area contributed by atoms with Gasteiger partial charge in [0, 0.05) is 15.7 Å². The van der Waals surface area contributed by atoms with E-state index in [9.17, 15) is 0 Å². The van der Waals surface area contributed by atoms with Crippen LogP contribution in [0.1, 0.15) is 23.0 Å². The molecule has 0 fully saturated rings. The molecule has 4 nitrogen and oxygen atoms in total. The number of nitrogens with zero attached hydrogens (tertiary/aromatic N) is 3. The first-order chi connectivity index (χ1) is 11.6. The Hall–Kier alpha value is -2.30. The molecule has 2 aromatic carbocycles. The Labute approximate surface area is 149 Å². The van der Waals surface area contributed by atoms with Gasteiger partial charge in [-0.2, -0.15) is 10.1 Å². The summed E-state index contributed by atoms with van der Waals surface area (Å²) in [5.74, 6) is 1.41. The standard InChI is InChI=1S/C18H14Cl2N4/c1-11-21-18-22-16(12-6-8-13(19)9-7-12)10-17(24(18)23-11)14-4-2-3-5-15(14)20/h2-10,17H,1H3,(H,21,22,23)/t17-/m0/s1. The number of anilines is 1. The zero-order valence-corrected chi connectivity index (χ0v) is 14.4. The number of nitrogens with one attached hydrogen (secondary N) is 1. The van der Waals surface area contributed by atoms with Crippen molar-refractivity contribution < 1.29 is 0 Å². The minimum atomic E-state index is -0.123. The van der Waals surface area contributed by atoms with Gasteiger partial charge in [0.05, 0.1) is 0 Å². The lowest BCUT2D eigenvalue weighted by Crippen LogP contribution is -2.20. The van der Waals surface area contributed by atoms with E-state index in [-0.39, 0.29) is 6.04 Å². The van der Waals surface area contributed by atoms with Gasteiger partial charge in [-0.1, -0.05) is 53.5 Å². The monoisotopic (exact) mass is 356 g/mol. The first-order valence-corrected chi connectivity index (χ1v) is 8.30. The van der Waals surface area contributed by atoms with E-state index in [2.05, 4.69) is 21.5 Å². The smallest absolute Gasteiger partial charge is 0.226 e. The molecule has 0 bridgehead atoms. The zero-order chi connectivity index (χ0) is 16.7. The largest absolute Gasteiger partial charge is 0.324 e. The second kappa shape index (κ2) is 5.96. The number of aryl methyl sites for hydroxylation is 1. The van der Waals surface area contributed by atoms with Gasteiger partial charge < -0.3 is 5.32 Å². The minimum Gasteiger partial charge on any atom is -0.324 e. The lowest BCUT2D eigenvalue weighted by Gasteiger charge is -2.25. The van der Waals surface area contributed by atoms with Crippen LogP contribution < -0.4 is 5.32 Å². The van der Waals surface area contributed by atoms with Crippen molar-refractivity contribution in [3.05, 3.63) is 81.6 Å². The van der Waals surface area contributed by atoms with Gasteiger partial charge in [0.25, 0.3) is 0 Å². The van der Waals surface area contributed by atoms with Crippen LogP contribution in [0.3, 0.4) is 0 Å². The molecule has 0 aliphatic carbocycles. The molecule has 0 radical (unpaired) electrons. The molecule has 1 aliphatic heterocycles. The van der Waals surface area contributed by atoms with E-state index >= 15 is 0 Å². The highest BCUT2D eigenvalue weighted by Gasteiger charge is 2.25. The molecule has 1 atom stereocenters. The van der Waals surface area contributed by atoms with Gasteiger partial charge in [-0.05, 0) is 42.3 Å². The highest BCUT2D eigenvalue weighted by atomic mass is 35.5. The second-order valence-electron chi connectivity index (χ2n) is 5.61. The molecular formula is C18H14Cl2N4. The summed E-state index contributed by atoms with van der Waals surface area (Å²) in [5.41, 5.74) is 2.97. The van der Waals surface area contributed by atoms with Crippen molar-refractivity contribution in [3.8, 4) is 0 Å². The summed E-state index contributed by atoms with van der Waals surface area (Å²) < 4.78 is 1.86. The van der Waals surface area contributed by atoms with Crippen LogP contribution in [-0.2, 0) is 0 Å². The summed E-state index contributed by atoms with van der Waals surface area (Å²) >= 11 is 12.4. The first kappa shape index (κ1) is 15.2. The number of aromatic nitrogens is 3. The van der Waals surface area contributed by atoms with Crippen LogP contribution in [0.15, 0.2) is 54.6 Å². The predicted molar refractivity (Wildman–Crippen MR) is 97.4 cm³/mol. The Morgan fingerprint density at radius 1 is 1.04 bits per heavy atom. The summed E-state index contributed by atoms with van der Waals surface area (Å²) in [7, 11) is 0. The van der Waals surface area contributed by atoms with Crippen molar-refractivity contribution in [2.75, 3.05) is 5.32 Å². The summed E-state index contributed by atoms with van der Waals surface area (Å²) in [4.78, 5) is 4.48. The zero-order valence-electron chi connectivity index (χ0n) is 12.9. The van der Waals surface area contributed by atoms with Crippen molar-refractivity contribution in [1.29, 1.82) is 0 Å². The van der Waals surface area contributed by atoms with Crippen molar-refractivity contribution in [3.63, 3.8) is 0 Å². The number of hydrogen-bond donors (Lipinski definition) is 1. The molecule has 6 heteroatoms. The Bertz CT molecular complexity index is 928. The first-order valence-electron chi connectivity index (χ1n) is 7.54. The molecule has 0 unspecified atom stereocenters. The Balaban J connectivity index is 1.85. The maximum absolute atomic E-state index is 6.42. The van der Waals surface area contributed by atoms with E-state index < -0.39 is 0 Å². The molecule has 1 aromatic heterocycles. The van der Waals surface area contributed by atoms with Crippen LogP contribution in [0.25, 0.3) is 5.70 Å². The number of hydrogen-bond acceptors (Lipinski definition) is 3. The maximum Gasteiger partial charge on any atom is 0.226 e. The third-order valence-electron chi connectivity index (χ3n) is 3.95. The van der Waals surface area contributed by atoms with Crippen LogP contribution in [0, 0.1) is 6.92 Å². The van der Waals surface area contributed by atoms with Gasteiger partial charge in [0.2, 0.25) is 5.95 Å². The van der Waals surface area contributed by atoms with Crippen LogP contribution in [-0.4, -0.2) is 14.8 Å². The maximum atomic E-state index is 6.42. The molecule has 120 valence electrons. The van der Waals surface area contributed by atoms with E-state index in [0.717, 1.165) is 16.8 Å². The van der Waals surface area contributed by atoms with Crippen molar-refractivity contribution in [1.82, 2.24) is 14.8 Å². The molecule has 1 aliphatic rings. The molecule has 0 saturated carbocycles. The Kier molecular flexibility index (Phi) is 3.79. The third-order valence-corrected chi connectivity index (χ3v) is 4.55. The van der Waals surface area contributed by atoms with Gasteiger partial charge in [0.15, 0.2) is 0 Å². The number of fused-ring (bicyclic) bond motifs is 1. The van der Waals surface area contributed by atoms with Crippen LogP contribution in [0.2, 0.25) is 10.0 Å². The Morgan fingerprint density at radius 2 is 1.79 bits per heavy atom. The minimum absolute atomic E-state index is 0.123. The molecule has 3 aromatic rings. The van der Waals surface area contributed by atoms with Gasteiger partial charge in [0.1, 0.15) is 11.9 Å². The molecule has 1 N–H and O–H groups in total. The number of allylic oxidation sites excluding steroid dienone is 1. The molecule has 4 rings (SSSR count). The van der Waals surface area contributed by atoms with E-state index in [1.54, 1.807) is 0 Å². The number of halogens is 2. The van der Waals surface area contributed by atoms with Crippen LogP contribution in [0.4, 0.5) is 5.95 Å². The highest BCUT2D eigenvalue weighted by molar-refractivity contribution is 6.31. The molecular weight excluding hydrogens is 343 g/mol. The van der Waals surface area contributed by atoms with Gasteiger partial charge >= 0.3 is 0 Å². The average Bonchev–Trinajstić information content (AvgIpc) is 2.95. The fourth-order valence-electron chi connectivity index (χ4n) is 2.83. The lowest BCUT2D eigenvalue weighted by molar-refractivity contribution is 0.607. The molecule has 0 amide bonds. The topological polar surface area (TPSA) is 42.7 Å². The molecule has 0 saturated heterocycles. The van der Waals surface area contributed by atoms with Crippen molar-refractivity contribution >= 4 is 34.8 Å². The van der Waals surface area contributed by atoms with E-state index in [1.807, 2.05) is 60.1 Å². The fraction of sp³-hybridized carbons (Fsp3) is 0.111. The van der Waals surface area contributed by atoms with Crippen molar-refractivity contribution in [2.24, 2.45) is 0 Å². The SMILES string of the molecule is Cc1nc2n(n1)[C@H](c1ccccc1Cl)C=C(c1ccc(Cl)cc1)N2. The normalized spacial score (nSPS) is 16.3.